The summed E-state index contributed by atoms with van der Waals surface area (Å²) in [7, 11) is 0. The lowest BCUT2D eigenvalue weighted by Gasteiger charge is -2.21. The molecular weight excluding hydrogens is 334 g/mol. The van der Waals surface area contributed by atoms with Crippen molar-refractivity contribution in [1.29, 1.82) is 0 Å². The molecule has 2 aromatic carbocycles. The van der Waals surface area contributed by atoms with E-state index in [1.165, 1.54) is 16.8 Å². The lowest BCUT2D eigenvalue weighted by molar-refractivity contribution is 0.866. The van der Waals surface area contributed by atoms with Crippen molar-refractivity contribution in [2.45, 2.75) is 27.7 Å². The number of aryl methyl sites for hydroxylation is 1. The normalized spacial score (nSPS) is 10.5. The first-order chi connectivity index (χ1) is 13.1. The lowest BCUT2D eigenvalue weighted by atomic mass is 10.1. The molecule has 1 heterocycles. The van der Waals surface area contributed by atoms with Crippen LogP contribution in [-0.2, 0) is 0 Å². The van der Waals surface area contributed by atoms with Crippen LogP contribution in [0.2, 0.25) is 0 Å². The fourth-order valence-electron chi connectivity index (χ4n) is 2.99. The number of benzene rings is 2. The molecular formula is C22H27N5. The smallest absolute Gasteiger partial charge is 0.229 e. The summed E-state index contributed by atoms with van der Waals surface area (Å²) >= 11 is 0. The first kappa shape index (κ1) is 18.7. The second-order valence-corrected chi connectivity index (χ2v) is 6.48. The number of hydrogen-bond donors (Lipinski definition) is 2. The molecule has 0 spiro atoms. The van der Waals surface area contributed by atoms with Crippen LogP contribution in [0.15, 0.2) is 54.7 Å². The minimum Gasteiger partial charge on any atom is -0.372 e. The SMILES string of the molecule is CCN(CC)c1ccc(Nc2ccnc(Nc3cccc(C)c3C)n2)cc1. The van der Waals surface area contributed by atoms with Crippen molar-refractivity contribution in [3.05, 3.63) is 65.9 Å². The molecule has 5 heteroatoms. The van der Waals surface area contributed by atoms with Crippen molar-refractivity contribution in [3.63, 3.8) is 0 Å². The van der Waals surface area contributed by atoms with Gasteiger partial charge in [-0.15, -0.1) is 0 Å². The number of anilines is 5. The molecule has 5 nitrogen and oxygen atoms in total. The second kappa shape index (κ2) is 8.54. The Hall–Kier alpha value is -3.08. The highest BCUT2D eigenvalue weighted by Crippen LogP contribution is 2.23. The summed E-state index contributed by atoms with van der Waals surface area (Å²) in [6, 6.07) is 16.5. The molecule has 0 aliphatic rings. The highest BCUT2D eigenvalue weighted by molar-refractivity contribution is 5.64. The van der Waals surface area contributed by atoms with Crippen molar-refractivity contribution in [3.8, 4) is 0 Å². The zero-order chi connectivity index (χ0) is 19.2. The van der Waals surface area contributed by atoms with Gasteiger partial charge in [0.05, 0.1) is 0 Å². The third-order valence-corrected chi connectivity index (χ3v) is 4.77. The van der Waals surface area contributed by atoms with Crippen LogP contribution in [-0.4, -0.2) is 23.1 Å². The summed E-state index contributed by atoms with van der Waals surface area (Å²) in [6.07, 6.45) is 1.76. The van der Waals surface area contributed by atoms with Gasteiger partial charge in [0.2, 0.25) is 5.95 Å². The van der Waals surface area contributed by atoms with Crippen molar-refractivity contribution in [2.75, 3.05) is 28.6 Å². The fourth-order valence-corrected chi connectivity index (χ4v) is 2.99. The van der Waals surface area contributed by atoms with E-state index in [1.807, 2.05) is 18.2 Å². The van der Waals surface area contributed by atoms with Crippen molar-refractivity contribution in [2.24, 2.45) is 0 Å². The fraction of sp³-hybridized carbons (Fsp3) is 0.273. The predicted octanol–water partition coefficient (Wildman–Crippen LogP) is 5.43. The molecule has 0 fully saturated rings. The maximum atomic E-state index is 4.58. The van der Waals surface area contributed by atoms with E-state index in [0.29, 0.717) is 5.95 Å². The maximum Gasteiger partial charge on any atom is 0.229 e. The Labute approximate surface area is 161 Å². The molecule has 3 rings (SSSR count). The van der Waals surface area contributed by atoms with E-state index in [1.54, 1.807) is 6.20 Å². The van der Waals surface area contributed by atoms with E-state index in [-0.39, 0.29) is 0 Å². The van der Waals surface area contributed by atoms with E-state index in [2.05, 4.69) is 83.5 Å². The summed E-state index contributed by atoms with van der Waals surface area (Å²) < 4.78 is 0. The summed E-state index contributed by atoms with van der Waals surface area (Å²) in [5.74, 6) is 1.34. The maximum absolute atomic E-state index is 4.58. The molecule has 1 aromatic heterocycles. The monoisotopic (exact) mass is 361 g/mol. The Kier molecular flexibility index (Phi) is 5.91. The van der Waals surface area contributed by atoms with Gasteiger partial charge < -0.3 is 15.5 Å². The number of rotatable bonds is 7. The van der Waals surface area contributed by atoms with Gasteiger partial charge in [-0.25, -0.2) is 4.98 Å². The summed E-state index contributed by atoms with van der Waals surface area (Å²) in [6.45, 7) is 10.5. The number of hydrogen-bond acceptors (Lipinski definition) is 5. The largest absolute Gasteiger partial charge is 0.372 e. The molecule has 0 atom stereocenters. The van der Waals surface area contributed by atoms with Gasteiger partial charge in [0.1, 0.15) is 5.82 Å². The van der Waals surface area contributed by atoms with Gasteiger partial charge in [0.15, 0.2) is 0 Å². The third-order valence-electron chi connectivity index (χ3n) is 4.77. The van der Waals surface area contributed by atoms with Gasteiger partial charge in [-0.3, -0.25) is 0 Å². The number of nitrogens with one attached hydrogen (secondary N) is 2. The summed E-state index contributed by atoms with van der Waals surface area (Å²) in [5.41, 5.74) is 5.69. The van der Waals surface area contributed by atoms with Gasteiger partial charge in [-0.05, 0) is 75.2 Å². The first-order valence-corrected chi connectivity index (χ1v) is 9.39. The molecule has 2 N–H and O–H groups in total. The van der Waals surface area contributed by atoms with Gasteiger partial charge >= 0.3 is 0 Å². The molecule has 0 radical (unpaired) electrons. The van der Waals surface area contributed by atoms with Crippen LogP contribution in [0.3, 0.4) is 0 Å². The quantitative estimate of drug-likeness (QED) is 0.588. The van der Waals surface area contributed by atoms with Crippen LogP contribution in [0, 0.1) is 13.8 Å². The topological polar surface area (TPSA) is 53.1 Å². The minimum absolute atomic E-state index is 0.577. The second-order valence-electron chi connectivity index (χ2n) is 6.48. The average molecular weight is 361 g/mol. The number of aromatic nitrogens is 2. The molecule has 140 valence electrons. The highest BCUT2D eigenvalue weighted by Gasteiger charge is 2.05. The number of nitrogens with zero attached hydrogens (tertiary/aromatic N) is 3. The van der Waals surface area contributed by atoms with Crippen LogP contribution < -0.4 is 15.5 Å². The van der Waals surface area contributed by atoms with Crippen molar-refractivity contribution >= 4 is 28.8 Å². The van der Waals surface area contributed by atoms with E-state index < -0.39 is 0 Å². The Morgan fingerprint density at radius 1 is 0.889 bits per heavy atom. The minimum atomic E-state index is 0.577. The van der Waals surface area contributed by atoms with E-state index in [4.69, 9.17) is 0 Å². The molecule has 3 aromatic rings. The zero-order valence-corrected chi connectivity index (χ0v) is 16.5. The van der Waals surface area contributed by atoms with Gasteiger partial charge in [0.25, 0.3) is 0 Å². The average Bonchev–Trinajstić information content (AvgIpc) is 2.68. The molecule has 0 saturated heterocycles. The van der Waals surface area contributed by atoms with Crippen LogP contribution >= 0.6 is 0 Å². The summed E-state index contributed by atoms with van der Waals surface area (Å²) in [5, 5.41) is 6.66. The molecule has 0 saturated carbocycles. The van der Waals surface area contributed by atoms with E-state index >= 15 is 0 Å². The van der Waals surface area contributed by atoms with Crippen molar-refractivity contribution < 1.29 is 0 Å². The lowest BCUT2D eigenvalue weighted by Crippen LogP contribution is -2.21. The Balaban J connectivity index is 1.73. The van der Waals surface area contributed by atoms with E-state index in [0.717, 1.165) is 30.3 Å². The highest BCUT2D eigenvalue weighted by atomic mass is 15.1. The molecule has 0 aliphatic carbocycles. The summed E-state index contributed by atoms with van der Waals surface area (Å²) in [4.78, 5) is 11.2. The Morgan fingerprint density at radius 3 is 2.33 bits per heavy atom. The zero-order valence-electron chi connectivity index (χ0n) is 16.5. The van der Waals surface area contributed by atoms with Crippen molar-refractivity contribution in [1.82, 2.24) is 9.97 Å². The van der Waals surface area contributed by atoms with Crippen LogP contribution in [0.5, 0.6) is 0 Å². The standard InChI is InChI=1S/C22H27N5/c1-5-27(6-2)19-12-10-18(11-13-19)24-21-14-15-23-22(26-21)25-20-9-7-8-16(3)17(20)4/h7-15H,5-6H2,1-4H3,(H2,23,24,25,26). The van der Waals surface area contributed by atoms with E-state index in [9.17, 15) is 0 Å². The first-order valence-electron chi connectivity index (χ1n) is 9.39. The molecule has 0 unspecified atom stereocenters. The van der Waals surface area contributed by atoms with Gasteiger partial charge in [-0.1, -0.05) is 12.1 Å². The molecule has 0 bridgehead atoms. The Bertz CT molecular complexity index is 885. The predicted molar refractivity (Wildman–Crippen MR) is 115 cm³/mol. The van der Waals surface area contributed by atoms with Gasteiger partial charge in [0, 0.05) is 36.3 Å². The van der Waals surface area contributed by atoms with Gasteiger partial charge in [-0.2, -0.15) is 4.98 Å². The van der Waals surface area contributed by atoms with Crippen LogP contribution in [0.4, 0.5) is 28.8 Å². The van der Waals surface area contributed by atoms with Crippen LogP contribution in [0.1, 0.15) is 25.0 Å². The molecule has 0 aliphatic heterocycles. The third kappa shape index (κ3) is 4.56. The molecule has 0 amide bonds. The molecule has 27 heavy (non-hydrogen) atoms. The van der Waals surface area contributed by atoms with Crippen LogP contribution in [0.25, 0.3) is 0 Å². The Morgan fingerprint density at radius 2 is 1.63 bits per heavy atom.